The Hall–Kier alpha value is -1.30. The molecule has 0 aliphatic carbocycles. The maximum atomic E-state index is 5.26. The summed E-state index contributed by atoms with van der Waals surface area (Å²) in [6, 6.07) is 10.2. The van der Waals surface area contributed by atoms with Gasteiger partial charge in [-0.25, -0.2) is 0 Å². The van der Waals surface area contributed by atoms with Crippen LogP contribution in [-0.2, 0) is 10.3 Å². The van der Waals surface area contributed by atoms with Crippen LogP contribution in [0.1, 0.15) is 12.5 Å². The molecule has 0 spiro atoms. The first-order valence-corrected chi connectivity index (χ1v) is 4.96. The fourth-order valence-electron chi connectivity index (χ4n) is 1.58. The van der Waals surface area contributed by atoms with Crippen molar-refractivity contribution < 1.29 is 4.74 Å². The van der Waals surface area contributed by atoms with Crippen molar-refractivity contribution >= 4 is 0 Å². The van der Waals surface area contributed by atoms with Crippen molar-refractivity contribution in [2.45, 2.75) is 12.5 Å². The van der Waals surface area contributed by atoms with E-state index in [9.17, 15) is 0 Å². The van der Waals surface area contributed by atoms with Crippen LogP contribution in [0.5, 0.6) is 0 Å². The summed E-state index contributed by atoms with van der Waals surface area (Å²) in [5.74, 6) is 2.58. The highest BCUT2D eigenvalue weighted by atomic mass is 16.5. The quantitative estimate of drug-likeness (QED) is 0.736. The van der Waals surface area contributed by atoms with Gasteiger partial charge in [0.15, 0.2) is 0 Å². The average Bonchev–Trinajstić information content (AvgIpc) is 2.28. The number of hydrogen-bond acceptors (Lipinski definition) is 2. The lowest BCUT2D eigenvalue weighted by Crippen LogP contribution is -2.43. The first-order chi connectivity index (χ1) is 7.23. The highest BCUT2D eigenvalue weighted by Gasteiger charge is 2.25. The highest BCUT2D eigenvalue weighted by molar-refractivity contribution is 5.24. The molecular formula is C13H17NO. The Bertz CT molecular complexity index is 328. The largest absolute Gasteiger partial charge is 0.382 e. The molecule has 0 radical (unpaired) electrons. The van der Waals surface area contributed by atoms with E-state index in [4.69, 9.17) is 11.2 Å². The van der Waals surface area contributed by atoms with E-state index < -0.39 is 0 Å². The van der Waals surface area contributed by atoms with Gasteiger partial charge < -0.3 is 4.74 Å². The Kier molecular flexibility index (Phi) is 4.36. The normalized spacial score (nSPS) is 14.2. The number of hydrogen-bond donors (Lipinski definition) is 1. The van der Waals surface area contributed by atoms with Crippen molar-refractivity contribution in [1.82, 2.24) is 5.32 Å². The smallest absolute Gasteiger partial charge is 0.0684 e. The molecule has 0 saturated heterocycles. The molecule has 0 fully saturated rings. The molecule has 0 saturated carbocycles. The van der Waals surface area contributed by atoms with Crippen LogP contribution in [0.4, 0.5) is 0 Å². The summed E-state index contributed by atoms with van der Waals surface area (Å²) in [4.78, 5) is 0. The third kappa shape index (κ3) is 3.09. The van der Waals surface area contributed by atoms with Gasteiger partial charge >= 0.3 is 0 Å². The van der Waals surface area contributed by atoms with Gasteiger partial charge in [0.25, 0.3) is 0 Å². The Morgan fingerprint density at radius 3 is 2.60 bits per heavy atom. The van der Waals surface area contributed by atoms with Crippen LogP contribution in [-0.4, -0.2) is 20.3 Å². The molecule has 0 unspecified atom stereocenters. The van der Waals surface area contributed by atoms with Gasteiger partial charge in [-0.15, -0.1) is 6.42 Å². The predicted octanol–water partition coefficient (Wildman–Crippen LogP) is 1.77. The van der Waals surface area contributed by atoms with Crippen LogP contribution < -0.4 is 5.32 Å². The zero-order chi connectivity index (χ0) is 11.1. The van der Waals surface area contributed by atoms with Gasteiger partial charge in [-0.05, 0) is 12.5 Å². The lowest BCUT2D eigenvalue weighted by Gasteiger charge is -2.30. The molecule has 0 aliphatic heterocycles. The van der Waals surface area contributed by atoms with Crippen molar-refractivity contribution in [3.05, 3.63) is 35.9 Å². The van der Waals surface area contributed by atoms with E-state index in [2.05, 4.69) is 30.3 Å². The van der Waals surface area contributed by atoms with Crippen molar-refractivity contribution in [1.29, 1.82) is 0 Å². The molecule has 1 aromatic carbocycles. The van der Waals surface area contributed by atoms with Crippen LogP contribution in [0, 0.1) is 12.3 Å². The first kappa shape index (κ1) is 11.8. The van der Waals surface area contributed by atoms with E-state index >= 15 is 0 Å². The van der Waals surface area contributed by atoms with E-state index in [0.717, 1.165) is 0 Å². The summed E-state index contributed by atoms with van der Waals surface area (Å²) in [7, 11) is 1.69. The minimum atomic E-state index is -0.220. The van der Waals surface area contributed by atoms with Crippen LogP contribution in [0.2, 0.25) is 0 Å². The fraction of sp³-hybridized carbons (Fsp3) is 0.385. The summed E-state index contributed by atoms with van der Waals surface area (Å²) < 4.78 is 5.23. The van der Waals surface area contributed by atoms with E-state index in [-0.39, 0.29) is 5.54 Å². The third-order valence-electron chi connectivity index (χ3n) is 2.42. The Labute approximate surface area is 91.6 Å². The second-order valence-electron chi connectivity index (χ2n) is 3.69. The van der Waals surface area contributed by atoms with Gasteiger partial charge in [0.1, 0.15) is 0 Å². The molecule has 1 atom stereocenters. The van der Waals surface area contributed by atoms with Gasteiger partial charge in [-0.3, -0.25) is 5.32 Å². The molecule has 1 aromatic rings. The minimum absolute atomic E-state index is 0.220. The van der Waals surface area contributed by atoms with Crippen molar-refractivity contribution in [2.24, 2.45) is 0 Å². The Morgan fingerprint density at radius 2 is 2.07 bits per heavy atom. The number of methoxy groups -OCH3 is 1. The summed E-state index contributed by atoms with van der Waals surface area (Å²) in [6.45, 7) is 3.22. The molecule has 2 heteroatoms. The van der Waals surface area contributed by atoms with Gasteiger partial charge in [0.2, 0.25) is 0 Å². The summed E-state index contributed by atoms with van der Waals surface area (Å²) in [5, 5.41) is 3.30. The Balaban J connectivity index is 2.86. The zero-order valence-corrected chi connectivity index (χ0v) is 9.29. The molecule has 2 nitrogen and oxygen atoms in total. The SMILES string of the molecule is C#CCN[C@](C)(COC)c1ccccc1. The maximum absolute atomic E-state index is 5.26. The minimum Gasteiger partial charge on any atom is -0.382 e. The number of terminal acetylenes is 1. The molecular weight excluding hydrogens is 186 g/mol. The number of benzene rings is 1. The van der Waals surface area contributed by atoms with E-state index in [1.165, 1.54) is 5.56 Å². The summed E-state index contributed by atoms with van der Waals surface area (Å²) >= 11 is 0. The predicted molar refractivity (Wildman–Crippen MR) is 62.5 cm³/mol. The standard InChI is InChI=1S/C13H17NO/c1-4-10-14-13(2,11-15-3)12-8-6-5-7-9-12/h1,5-9,14H,10-11H2,2-3H3/t13-/m1/s1. The number of ether oxygens (including phenoxy) is 1. The molecule has 0 amide bonds. The van der Waals surface area contributed by atoms with Crippen molar-refractivity contribution in [3.8, 4) is 12.3 Å². The highest BCUT2D eigenvalue weighted by Crippen LogP contribution is 2.20. The third-order valence-corrected chi connectivity index (χ3v) is 2.42. The topological polar surface area (TPSA) is 21.3 Å². The van der Waals surface area contributed by atoms with Crippen LogP contribution in [0.3, 0.4) is 0 Å². The Morgan fingerprint density at radius 1 is 1.40 bits per heavy atom. The second kappa shape index (κ2) is 5.55. The maximum Gasteiger partial charge on any atom is 0.0684 e. The number of rotatable bonds is 5. The van der Waals surface area contributed by atoms with E-state index in [0.29, 0.717) is 13.2 Å². The monoisotopic (exact) mass is 203 g/mol. The van der Waals surface area contributed by atoms with Crippen molar-refractivity contribution in [2.75, 3.05) is 20.3 Å². The van der Waals surface area contributed by atoms with Gasteiger partial charge in [0, 0.05) is 7.11 Å². The molecule has 15 heavy (non-hydrogen) atoms. The zero-order valence-electron chi connectivity index (χ0n) is 9.29. The molecule has 0 heterocycles. The molecule has 80 valence electrons. The molecule has 1 rings (SSSR count). The summed E-state index contributed by atoms with van der Waals surface area (Å²) in [5.41, 5.74) is 0.963. The summed E-state index contributed by atoms with van der Waals surface area (Å²) in [6.07, 6.45) is 5.26. The molecule has 1 N–H and O–H groups in total. The van der Waals surface area contributed by atoms with Crippen LogP contribution in [0.15, 0.2) is 30.3 Å². The molecule has 0 aliphatic rings. The van der Waals surface area contributed by atoms with Crippen LogP contribution in [0.25, 0.3) is 0 Å². The van der Waals surface area contributed by atoms with E-state index in [1.54, 1.807) is 7.11 Å². The molecule has 0 bridgehead atoms. The van der Waals surface area contributed by atoms with Gasteiger partial charge in [0.05, 0.1) is 18.7 Å². The van der Waals surface area contributed by atoms with Gasteiger partial charge in [-0.1, -0.05) is 36.3 Å². The molecule has 0 aromatic heterocycles. The average molecular weight is 203 g/mol. The van der Waals surface area contributed by atoms with Crippen LogP contribution >= 0.6 is 0 Å². The van der Waals surface area contributed by atoms with Gasteiger partial charge in [-0.2, -0.15) is 0 Å². The second-order valence-corrected chi connectivity index (χ2v) is 3.69. The fourth-order valence-corrected chi connectivity index (χ4v) is 1.58. The lowest BCUT2D eigenvalue weighted by molar-refractivity contribution is 0.121. The first-order valence-electron chi connectivity index (χ1n) is 4.96. The lowest BCUT2D eigenvalue weighted by atomic mass is 9.93. The van der Waals surface area contributed by atoms with Crippen molar-refractivity contribution in [3.63, 3.8) is 0 Å². The number of nitrogens with one attached hydrogen (secondary N) is 1. The van der Waals surface area contributed by atoms with E-state index in [1.807, 2.05) is 18.2 Å².